The maximum atomic E-state index is 12.3. The first-order chi connectivity index (χ1) is 12.1. The van der Waals surface area contributed by atoms with E-state index >= 15 is 0 Å². The second-order valence-corrected chi connectivity index (χ2v) is 8.36. The van der Waals surface area contributed by atoms with Gasteiger partial charge in [-0.2, -0.15) is 0 Å². The summed E-state index contributed by atoms with van der Waals surface area (Å²) < 4.78 is 29.9. The van der Waals surface area contributed by atoms with E-state index in [1.165, 1.54) is 11.4 Å². The third-order valence-corrected chi connectivity index (χ3v) is 5.07. The normalized spacial score (nSPS) is 12.3. The van der Waals surface area contributed by atoms with Crippen LogP contribution in [0, 0.1) is 13.8 Å². The molecule has 0 radical (unpaired) electrons. The van der Waals surface area contributed by atoms with Crippen molar-refractivity contribution in [2.24, 2.45) is 0 Å². The summed E-state index contributed by atoms with van der Waals surface area (Å²) in [5.41, 5.74) is 3.39. The Bertz CT molecular complexity index is 872. The number of hydrogen-bond donors (Lipinski definition) is 1. The molecule has 0 unspecified atom stereocenters. The van der Waals surface area contributed by atoms with E-state index in [0.717, 1.165) is 23.1 Å². The molecule has 26 heavy (non-hydrogen) atoms. The summed E-state index contributed by atoms with van der Waals surface area (Å²) in [6.45, 7) is 5.60. The summed E-state index contributed by atoms with van der Waals surface area (Å²) in [6, 6.07) is 12.4. The molecule has 0 fully saturated rings. The van der Waals surface area contributed by atoms with Gasteiger partial charge < -0.3 is 10.1 Å². The van der Waals surface area contributed by atoms with Gasteiger partial charge in [-0.15, -0.1) is 0 Å². The Morgan fingerprint density at radius 1 is 1.08 bits per heavy atom. The van der Waals surface area contributed by atoms with E-state index in [4.69, 9.17) is 4.74 Å². The number of rotatable bonds is 6. The number of amides is 1. The molecule has 2 aromatic rings. The van der Waals surface area contributed by atoms with E-state index in [9.17, 15) is 13.2 Å². The first kappa shape index (κ1) is 19.8. The van der Waals surface area contributed by atoms with Crippen molar-refractivity contribution in [3.05, 3.63) is 53.6 Å². The summed E-state index contributed by atoms with van der Waals surface area (Å²) in [6.07, 6.45) is 0.436. The van der Waals surface area contributed by atoms with Crippen LogP contribution in [0.1, 0.15) is 18.1 Å². The van der Waals surface area contributed by atoms with Crippen LogP contribution in [-0.4, -0.2) is 33.7 Å². The molecule has 0 heterocycles. The van der Waals surface area contributed by atoms with Gasteiger partial charge in [-0.1, -0.05) is 6.07 Å². The number of carbonyl (C=O) groups excluding carboxylic acids is 1. The summed E-state index contributed by atoms with van der Waals surface area (Å²) in [5.74, 6) is 0.228. The predicted octanol–water partition coefficient (Wildman–Crippen LogP) is 3.11. The van der Waals surface area contributed by atoms with E-state index in [-0.39, 0.29) is 5.91 Å². The van der Waals surface area contributed by atoms with Crippen LogP contribution in [0.3, 0.4) is 0 Å². The Balaban J connectivity index is 2.02. The zero-order valence-electron chi connectivity index (χ0n) is 15.6. The summed E-state index contributed by atoms with van der Waals surface area (Å²) in [7, 11) is -1.84. The molecule has 2 aromatic carbocycles. The number of hydrogen-bond acceptors (Lipinski definition) is 4. The number of sulfonamides is 1. The zero-order valence-corrected chi connectivity index (χ0v) is 16.4. The Hall–Kier alpha value is -2.54. The molecule has 0 bridgehead atoms. The van der Waals surface area contributed by atoms with Gasteiger partial charge in [-0.05, 0) is 68.3 Å². The van der Waals surface area contributed by atoms with Crippen LogP contribution in [0.15, 0.2) is 42.5 Å². The van der Waals surface area contributed by atoms with Gasteiger partial charge in [0.2, 0.25) is 10.0 Å². The van der Waals surface area contributed by atoms with Crippen LogP contribution in [0.4, 0.5) is 11.4 Å². The minimum atomic E-state index is -3.32. The number of benzene rings is 2. The van der Waals surface area contributed by atoms with Crippen molar-refractivity contribution in [3.8, 4) is 5.75 Å². The maximum absolute atomic E-state index is 12.3. The summed E-state index contributed by atoms with van der Waals surface area (Å²) in [4.78, 5) is 12.3. The fourth-order valence-electron chi connectivity index (χ4n) is 2.47. The molecule has 0 aromatic heterocycles. The minimum Gasteiger partial charge on any atom is -0.481 e. The largest absolute Gasteiger partial charge is 0.481 e. The van der Waals surface area contributed by atoms with Crippen LogP contribution in [0.25, 0.3) is 0 Å². The number of nitrogens with zero attached hydrogens (tertiary/aromatic N) is 1. The van der Waals surface area contributed by atoms with E-state index in [1.807, 2.05) is 32.0 Å². The molecule has 0 saturated heterocycles. The van der Waals surface area contributed by atoms with Crippen LogP contribution in [0.5, 0.6) is 5.75 Å². The van der Waals surface area contributed by atoms with Crippen molar-refractivity contribution in [2.75, 3.05) is 22.9 Å². The average molecular weight is 376 g/mol. The number of carbonyl (C=O) groups is 1. The highest BCUT2D eigenvalue weighted by atomic mass is 32.2. The van der Waals surface area contributed by atoms with Crippen molar-refractivity contribution in [1.82, 2.24) is 0 Å². The molecule has 7 heteroatoms. The SMILES string of the molecule is Cc1cc(C)cc(NC(=O)[C@H](C)Oc2ccc(N(C)S(C)(=O)=O)cc2)c1. The van der Waals surface area contributed by atoms with E-state index in [2.05, 4.69) is 5.32 Å². The summed E-state index contributed by atoms with van der Waals surface area (Å²) >= 11 is 0. The molecule has 0 saturated carbocycles. The Kier molecular flexibility index (Phi) is 5.92. The van der Waals surface area contributed by atoms with Crippen molar-refractivity contribution in [1.29, 1.82) is 0 Å². The fraction of sp³-hybridized carbons (Fsp3) is 0.316. The van der Waals surface area contributed by atoms with E-state index in [1.54, 1.807) is 31.2 Å². The van der Waals surface area contributed by atoms with E-state index < -0.39 is 16.1 Å². The number of aryl methyl sites for hydroxylation is 2. The zero-order chi connectivity index (χ0) is 19.5. The lowest BCUT2D eigenvalue weighted by Crippen LogP contribution is -2.30. The topological polar surface area (TPSA) is 75.7 Å². The first-order valence-electron chi connectivity index (χ1n) is 8.16. The molecular weight excluding hydrogens is 352 g/mol. The lowest BCUT2D eigenvalue weighted by molar-refractivity contribution is -0.122. The number of ether oxygens (including phenoxy) is 1. The van der Waals surface area contributed by atoms with Gasteiger partial charge in [-0.25, -0.2) is 8.42 Å². The second kappa shape index (κ2) is 7.78. The van der Waals surface area contributed by atoms with Crippen molar-refractivity contribution in [3.63, 3.8) is 0 Å². The molecule has 1 N–H and O–H groups in total. The highest BCUT2D eigenvalue weighted by Crippen LogP contribution is 2.21. The maximum Gasteiger partial charge on any atom is 0.265 e. The van der Waals surface area contributed by atoms with Crippen LogP contribution >= 0.6 is 0 Å². The highest BCUT2D eigenvalue weighted by Gasteiger charge is 2.16. The molecule has 0 aliphatic heterocycles. The quantitative estimate of drug-likeness (QED) is 0.840. The summed E-state index contributed by atoms with van der Waals surface area (Å²) in [5, 5.41) is 2.84. The lowest BCUT2D eigenvalue weighted by Gasteiger charge is -2.18. The van der Waals surface area contributed by atoms with Gasteiger partial charge >= 0.3 is 0 Å². The van der Waals surface area contributed by atoms with Gasteiger partial charge in [0.05, 0.1) is 11.9 Å². The molecule has 1 atom stereocenters. The van der Waals surface area contributed by atoms with Crippen LogP contribution in [-0.2, 0) is 14.8 Å². The minimum absolute atomic E-state index is 0.257. The van der Waals surface area contributed by atoms with Crippen LogP contribution in [0.2, 0.25) is 0 Å². The molecule has 0 aliphatic carbocycles. The van der Waals surface area contributed by atoms with Gasteiger partial charge in [0.15, 0.2) is 6.10 Å². The fourth-order valence-corrected chi connectivity index (χ4v) is 2.98. The molecule has 140 valence electrons. The third kappa shape index (κ3) is 5.23. The smallest absolute Gasteiger partial charge is 0.265 e. The average Bonchev–Trinajstić information content (AvgIpc) is 2.53. The molecule has 6 nitrogen and oxygen atoms in total. The predicted molar refractivity (Wildman–Crippen MR) is 104 cm³/mol. The van der Waals surface area contributed by atoms with Gasteiger partial charge in [0, 0.05) is 12.7 Å². The van der Waals surface area contributed by atoms with Crippen molar-refractivity contribution >= 4 is 27.3 Å². The molecular formula is C19H24N2O4S. The molecule has 0 aliphatic rings. The van der Waals surface area contributed by atoms with Gasteiger partial charge in [-0.3, -0.25) is 9.10 Å². The lowest BCUT2D eigenvalue weighted by atomic mass is 10.1. The Morgan fingerprint density at radius 2 is 1.62 bits per heavy atom. The third-order valence-electron chi connectivity index (χ3n) is 3.87. The molecule has 0 spiro atoms. The Morgan fingerprint density at radius 3 is 2.12 bits per heavy atom. The highest BCUT2D eigenvalue weighted by molar-refractivity contribution is 7.92. The van der Waals surface area contributed by atoms with Crippen LogP contribution < -0.4 is 14.4 Å². The van der Waals surface area contributed by atoms with Gasteiger partial charge in [0.25, 0.3) is 5.91 Å². The van der Waals surface area contributed by atoms with Crippen molar-refractivity contribution in [2.45, 2.75) is 26.9 Å². The monoisotopic (exact) mass is 376 g/mol. The van der Waals surface area contributed by atoms with Crippen molar-refractivity contribution < 1.29 is 17.9 Å². The van der Waals surface area contributed by atoms with Gasteiger partial charge in [0.1, 0.15) is 5.75 Å². The molecule has 1 amide bonds. The van der Waals surface area contributed by atoms with E-state index in [0.29, 0.717) is 11.4 Å². The number of anilines is 2. The standard InChI is InChI=1S/C19H24N2O4S/c1-13-10-14(2)12-16(11-13)20-19(22)15(3)25-18-8-6-17(7-9-18)21(4)26(5,23)24/h6-12,15H,1-5H3,(H,20,22)/t15-/m0/s1. The first-order valence-corrected chi connectivity index (χ1v) is 10.0. The number of nitrogens with one attached hydrogen (secondary N) is 1. The second-order valence-electron chi connectivity index (χ2n) is 6.35. The molecule has 2 rings (SSSR count). The Labute approximate surface area is 154 Å².